The molecule has 1 aromatic carbocycles. The number of halogens is 2. The van der Waals surface area contributed by atoms with Crippen molar-refractivity contribution in [2.75, 3.05) is 13.7 Å². The molecule has 0 unspecified atom stereocenters. The number of rotatable bonds is 3. The molecular weight excluding hydrogens is 355 g/mol. The van der Waals surface area contributed by atoms with Crippen LogP contribution in [0.25, 0.3) is 0 Å². The minimum absolute atomic E-state index is 0.0642. The molecule has 0 saturated heterocycles. The van der Waals surface area contributed by atoms with Gasteiger partial charge in [0.05, 0.1) is 17.2 Å². The fourth-order valence-electron chi connectivity index (χ4n) is 2.70. The number of hydrogen-bond donors (Lipinski definition) is 1. The number of ether oxygens (including phenoxy) is 1. The summed E-state index contributed by atoms with van der Waals surface area (Å²) in [5.74, 6) is -0.768. The molecule has 0 atom stereocenters. The molecule has 24 heavy (non-hydrogen) atoms. The van der Waals surface area contributed by atoms with E-state index in [9.17, 15) is 14.7 Å². The second kappa shape index (κ2) is 6.37. The Kier molecular flexibility index (Phi) is 4.43. The zero-order valence-corrected chi connectivity index (χ0v) is 14.3. The van der Waals surface area contributed by atoms with Crippen LogP contribution in [0.2, 0.25) is 10.0 Å². The summed E-state index contributed by atoms with van der Waals surface area (Å²) in [5, 5.41) is 10.9. The molecule has 0 fully saturated rings. The fourth-order valence-corrected chi connectivity index (χ4v) is 3.02. The lowest BCUT2D eigenvalue weighted by atomic mass is 10.1. The Morgan fingerprint density at radius 2 is 1.92 bits per heavy atom. The Labute approximate surface area is 147 Å². The number of aromatic nitrogens is 1. The molecule has 1 aromatic heterocycles. The van der Waals surface area contributed by atoms with Crippen molar-refractivity contribution >= 4 is 29.1 Å². The van der Waals surface area contributed by atoms with E-state index in [1.54, 1.807) is 18.2 Å². The van der Waals surface area contributed by atoms with Crippen molar-refractivity contribution in [3.05, 3.63) is 55.8 Å². The fraction of sp³-hybridized carbons (Fsp3) is 0.250. The molecule has 2 heterocycles. The monoisotopic (exact) mass is 368 g/mol. The highest BCUT2D eigenvalue weighted by Gasteiger charge is 2.30. The first kappa shape index (κ1) is 16.7. The van der Waals surface area contributed by atoms with E-state index in [2.05, 4.69) is 0 Å². The molecule has 0 saturated carbocycles. The smallest absolute Gasteiger partial charge is 0.274 e. The van der Waals surface area contributed by atoms with Crippen LogP contribution >= 0.6 is 23.2 Å². The summed E-state index contributed by atoms with van der Waals surface area (Å²) in [5.41, 5.74) is 0.0874. The SMILES string of the molecule is COc1cc(=O)c(O)c2n1CCN(Cc1ccc(Cl)c(Cl)c1)C2=O. The number of carbonyl (C=O) groups excluding carboxylic acids is 1. The van der Waals surface area contributed by atoms with Gasteiger partial charge in [0.15, 0.2) is 17.3 Å². The third-order valence-corrected chi connectivity index (χ3v) is 4.64. The van der Waals surface area contributed by atoms with Gasteiger partial charge in [0.1, 0.15) is 0 Å². The summed E-state index contributed by atoms with van der Waals surface area (Å²) < 4.78 is 6.63. The first-order valence-electron chi connectivity index (χ1n) is 7.16. The minimum atomic E-state index is -0.650. The molecular formula is C16H14Cl2N2O4. The second-order valence-corrected chi connectivity index (χ2v) is 6.19. The molecule has 6 nitrogen and oxygen atoms in total. The normalized spacial score (nSPS) is 13.8. The standard InChI is InChI=1S/C16H14Cl2N2O4/c1-24-13-7-12(21)15(22)14-16(23)19(4-5-20(13)14)8-9-2-3-10(17)11(18)6-9/h2-3,6-7,22H,4-5,8H2,1H3. The number of fused-ring (bicyclic) bond motifs is 1. The number of methoxy groups -OCH3 is 1. The van der Waals surface area contributed by atoms with Crippen LogP contribution in [0.5, 0.6) is 11.6 Å². The van der Waals surface area contributed by atoms with Gasteiger partial charge in [-0.1, -0.05) is 29.3 Å². The number of nitrogens with zero attached hydrogens (tertiary/aromatic N) is 2. The van der Waals surface area contributed by atoms with Crippen LogP contribution in [0.15, 0.2) is 29.1 Å². The Balaban J connectivity index is 1.96. The van der Waals surface area contributed by atoms with Gasteiger partial charge in [-0.25, -0.2) is 0 Å². The van der Waals surface area contributed by atoms with Gasteiger partial charge in [0, 0.05) is 25.7 Å². The molecule has 8 heteroatoms. The molecule has 0 radical (unpaired) electrons. The van der Waals surface area contributed by atoms with Gasteiger partial charge in [-0.2, -0.15) is 0 Å². The number of carbonyl (C=O) groups is 1. The molecule has 1 aliphatic heterocycles. The van der Waals surface area contributed by atoms with Gasteiger partial charge in [-0.15, -0.1) is 0 Å². The van der Waals surface area contributed by atoms with Crippen molar-refractivity contribution in [1.29, 1.82) is 0 Å². The molecule has 2 aromatic rings. The second-order valence-electron chi connectivity index (χ2n) is 5.37. The number of hydrogen-bond acceptors (Lipinski definition) is 4. The maximum Gasteiger partial charge on any atom is 0.274 e. The third-order valence-electron chi connectivity index (χ3n) is 3.90. The number of aromatic hydroxyl groups is 1. The highest BCUT2D eigenvalue weighted by Crippen LogP contribution is 2.27. The Morgan fingerprint density at radius 1 is 1.17 bits per heavy atom. The topological polar surface area (TPSA) is 71.8 Å². The van der Waals surface area contributed by atoms with Crippen LogP contribution in [0.4, 0.5) is 0 Å². The predicted octanol–water partition coefficient (Wildman–Crippen LogP) is 2.53. The summed E-state index contributed by atoms with van der Waals surface area (Å²) >= 11 is 11.9. The van der Waals surface area contributed by atoms with Crippen LogP contribution in [0.3, 0.4) is 0 Å². The first-order chi connectivity index (χ1) is 11.4. The maximum absolute atomic E-state index is 12.7. The Bertz CT molecular complexity index is 879. The van der Waals surface area contributed by atoms with Crippen LogP contribution in [-0.2, 0) is 13.1 Å². The molecule has 1 N–H and O–H groups in total. The van der Waals surface area contributed by atoms with E-state index in [0.717, 1.165) is 5.56 Å². The lowest BCUT2D eigenvalue weighted by Crippen LogP contribution is -2.41. The van der Waals surface area contributed by atoms with Gasteiger partial charge in [-0.05, 0) is 17.7 Å². The molecule has 0 aliphatic carbocycles. The van der Waals surface area contributed by atoms with Crippen molar-refractivity contribution in [2.24, 2.45) is 0 Å². The summed E-state index contributed by atoms with van der Waals surface area (Å²) in [6, 6.07) is 6.28. The Hall–Kier alpha value is -2.18. The van der Waals surface area contributed by atoms with Crippen molar-refractivity contribution < 1.29 is 14.6 Å². The highest BCUT2D eigenvalue weighted by molar-refractivity contribution is 6.42. The molecule has 1 amide bonds. The predicted molar refractivity (Wildman–Crippen MR) is 90.1 cm³/mol. The molecule has 3 rings (SSSR count). The number of amides is 1. The first-order valence-corrected chi connectivity index (χ1v) is 7.92. The van der Waals surface area contributed by atoms with E-state index in [-0.39, 0.29) is 11.6 Å². The summed E-state index contributed by atoms with van der Waals surface area (Å²) in [6.45, 7) is 1.10. The van der Waals surface area contributed by atoms with Gasteiger partial charge in [-0.3, -0.25) is 9.59 Å². The molecule has 126 valence electrons. The van der Waals surface area contributed by atoms with E-state index < -0.39 is 17.1 Å². The summed E-state index contributed by atoms with van der Waals surface area (Å²) in [4.78, 5) is 26.1. The van der Waals surface area contributed by atoms with E-state index in [0.29, 0.717) is 29.7 Å². The maximum atomic E-state index is 12.7. The van der Waals surface area contributed by atoms with Crippen molar-refractivity contribution in [3.63, 3.8) is 0 Å². The number of benzene rings is 1. The minimum Gasteiger partial charge on any atom is -0.503 e. The van der Waals surface area contributed by atoms with Gasteiger partial charge >= 0.3 is 0 Å². The van der Waals surface area contributed by atoms with E-state index in [1.807, 2.05) is 0 Å². The quantitative estimate of drug-likeness (QED) is 0.903. The summed E-state index contributed by atoms with van der Waals surface area (Å²) in [7, 11) is 1.41. The van der Waals surface area contributed by atoms with Crippen LogP contribution in [-0.4, -0.2) is 34.1 Å². The van der Waals surface area contributed by atoms with Crippen LogP contribution in [0, 0.1) is 0 Å². The molecule has 0 bridgehead atoms. The van der Waals surface area contributed by atoms with Crippen LogP contribution in [0.1, 0.15) is 16.1 Å². The van der Waals surface area contributed by atoms with Crippen molar-refractivity contribution in [3.8, 4) is 11.6 Å². The van der Waals surface area contributed by atoms with Crippen molar-refractivity contribution in [2.45, 2.75) is 13.1 Å². The molecule has 1 aliphatic rings. The Morgan fingerprint density at radius 3 is 2.58 bits per heavy atom. The van der Waals surface area contributed by atoms with Gasteiger partial charge in [0.2, 0.25) is 5.43 Å². The van der Waals surface area contributed by atoms with E-state index >= 15 is 0 Å². The zero-order valence-electron chi connectivity index (χ0n) is 12.8. The summed E-state index contributed by atoms with van der Waals surface area (Å²) in [6.07, 6.45) is 0. The average molecular weight is 369 g/mol. The van der Waals surface area contributed by atoms with Crippen LogP contribution < -0.4 is 10.2 Å². The van der Waals surface area contributed by atoms with E-state index in [4.69, 9.17) is 27.9 Å². The lowest BCUT2D eigenvalue weighted by Gasteiger charge is -2.31. The zero-order chi connectivity index (χ0) is 17.4. The van der Waals surface area contributed by atoms with Crippen molar-refractivity contribution in [1.82, 2.24) is 9.47 Å². The average Bonchev–Trinajstić information content (AvgIpc) is 2.56. The number of pyridine rings is 1. The lowest BCUT2D eigenvalue weighted by molar-refractivity contribution is 0.0677. The van der Waals surface area contributed by atoms with Gasteiger partial charge < -0.3 is 19.3 Å². The molecule has 0 spiro atoms. The van der Waals surface area contributed by atoms with E-state index in [1.165, 1.54) is 22.6 Å². The highest BCUT2D eigenvalue weighted by atomic mass is 35.5. The third kappa shape index (κ3) is 2.83. The largest absolute Gasteiger partial charge is 0.503 e. The van der Waals surface area contributed by atoms with Gasteiger partial charge in [0.25, 0.3) is 5.91 Å².